The van der Waals surface area contributed by atoms with Crippen LogP contribution in [0.25, 0.3) is 0 Å². The summed E-state index contributed by atoms with van der Waals surface area (Å²) in [5.41, 5.74) is 6.11. The van der Waals surface area contributed by atoms with Crippen molar-refractivity contribution < 1.29 is 19.2 Å². The van der Waals surface area contributed by atoms with Crippen molar-refractivity contribution in [3.63, 3.8) is 0 Å². The third-order valence-electron chi connectivity index (χ3n) is 7.03. The molecule has 5 atom stereocenters. The van der Waals surface area contributed by atoms with Crippen LogP contribution in [0.3, 0.4) is 0 Å². The molecule has 4 amide bonds. The van der Waals surface area contributed by atoms with Crippen molar-refractivity contribution in [2.24, 2.45) is 17.6 Å². The lowest BCUT2D eigenvalue weighted by Crippen LogP contribution is -2.53. The Balaban J connectivity index is 1.61. The van der Waals surface area contributed by atoms with E-state index >= 15 is 0 Å². The van der Waals surface area contributed by atoms with Gasteiger partial charge in [0.2, 0.25) is 23.6 Å². The maximum absolute atomic E-state index is 13.8. The van der Waals surface area contributed by atoms with Crippen molar-refractivity contribution in [1.82, 2.24) is 10.2 Å². The largest absolute Gasteiger partial charge is 0.370 e. The van der Waals surface area contributed by atoms with Crippen LogP contribution in [0.1, 0.15) is 36.9 Å². The van der Waals surface area contributed by atoms with Crippen LogP contribution in [0, 0.1) is 11.8 Å². The summed E-state index contributed by atoms with van der Waals surface area (Å²) in [5.74, 6) is -3.21. The minimum absolute atomic E-state index is 0.0515. The molecule has 8 heteroatoms. The van der Waals surface area contributed by atoms with E-state index in [0.717, 1.165) is 5.56 Å². The van der Waals surface area contributed by atoms with Crippen molar-refractivity contribution >= 4 is 29.3 Å². The smallest absolute Gasteiger partial charge is 0.250 e. The Labute approximate surface area is 185 Å². The van der Waals surface area contributed by atoms with Gasteiger partial charge in [0.25, 0.3) is 0 Å². The molecule has 3 aliphatic rings. The molecule has 0 saturated carbocycles. The minimum Gasteiger partial charge on any atom is -0.370 e. The van der Waals surface area contributed by atoms with Crippen molar-refractivity contribution in [1.29, 1.82) is 0 Å². The van der Waals surface area contributed by atoms with Gasteiger partial charge in [0.15, 0.2) is 0 Å². The molecule has 2 aromatic rings. The summed E-state index contributed by atoms with van der Waals surface area (Å²) in [7, 11) is 0. The summed E-state index contributed by atoms with van der Waals surface area (Å²) >= 11 is 0. The number of imide groups is 1. The number of hydrogen-bond acceptors (Lipinski definition) is 5. The highest BCUT2D eigenvalue weighted by Gasteiger charge is 2.70. The molecular weight excluding hydrogens is 408 g/mol. The fourth-order valence-electron chi connectivity index (χ4n) is 5.59. The number of primary amides is 1. The van der Waals surface area contributed by atoms with Crippen molar-refractivity contribution in [2.75, 3.05) is 5.32 Å². The maximum atomic E-state index is 13.8. The molecule has 1 spiro atoms. The average Bonchev–Trinajstić information content (AvgIpc) is 3.37. The molecule has 8 nitrogen and oxygen atoms in total. The van der Waals surface area contributed by atoms with Gasteiger partial charge in [-0.3, -0.25) is 29.4 Å². The number of likely N-dealkylation sites (tertiary alicyclic amines) is 1. The Kier molecular flexibility index (Phi) is 4.63. The fourth-order valence-corrected chi connectivity index (χ4v) is 5.59. The summed E-state index contributed by atoms with van der Waals surface area (Å²) in [6.07, 6.45) is 0.316. The van der Waals surface area contributed by atoms with E-state index < -0.39 is 35.4 Å². The number of anilines is 1. The third kappa shape index (κ3) is 2.72. The number of rotatable bonds is 5. The van der Waals surface area contributed by atoms with Crippen molar-refractivity contribution in [3.05, 3.63) is 65.7 Å². The Morgan fingerprint density at radius 1 is 1.06 bits per heavy atom. The highest BCUT2D eigenvalue weighted by Crippen LogP contribution is 2.54. The SMILES string of the molecule is C[C@@H](c1ccccc1)N1C(=O)[C@H]2[C@H](CCC(N)=O)N[C@@]3(C(=O)Nc4ccccc43)[C@@H]2C1=O. The van der Waals surface area contributed by atoms with E-state index in [1.807, 2.05) is 37.3 Å². The quantitative estimate of drug-likeness (QED) is 0.617. The summed E-state index contributed by atoms with van der Waals surface area (Å²) in [6, 6.07) is 15.5. The number of nitrogens with one attached hydrogen (secondary N) is 2. The van der Waals surface area contributed by atoms with E-state index in [4.69, 9.17) is 5.73 Å². The minimum atomic E-state index is -1.36. The first-order valence-corrected chi connectivity index (χ1v) is 10.7. The van der Waals surface area contributed by atoms with Crippen LogP contribution >= 0.6 is 0 Å². The monoisotopic (exact) mass is 432 g/mol. The van der Waals surface area contributed by atoms with Gasteiger partial charge < -0.3 is 11.1 Å². The number of carbonyl (C=O) groups is 4. The molecule has 5 rings (SSSR count). The van der Waals surface area contributed by atoms with Gasteiger partial charge in [0, 0.05) is 23.7 Å². The number of hydrogen-bond donors (Lipinski definition) is 3. The molecule has 2 fully saturated rings. The highest BCUT2D eigenvalue weighted by atomic mass is 16.2. The molecule has 0 aliphatic carbocycles. The van der Waals surface area contributed by atoms with Crippen molar-refractivity contribution in [3.8, 4) is 0 Å². The average molecular weight is 432 g/mol. The third-order valence-corrected chi connectivity index (χ3v) is 7.03. The Hall–Kier alpha value is -3.52. The van der Waals surface area contributed by atoms with Gasteiger partial charge in [-0.2, -0.15) is 0 Å². The van der Waals surface area contributed by atoms with Crippen LogP contribution in [0.15, 0.2) is 54.6 Å². The molecule has 0 bridgehead atoms. The van der Waals surface area contributed by atoms with Gasteiger partial charge in [0.05, 0.1) is 17.9 Å². The number of carbonyl (C=O) groups excluding carboxylic acids is 4. The number of fused-ring (bicyclic) bond motifs is 4. The molecule has 164 valence electrons. The summed E-state index contributed by atoms with van der Waals surface area (Å²) in [6.45, 7) is 1.81. The molecule has 3 heterocycles. The molecule has 4 N–H and O–H groups in total. The van der Waals surface area contributed by atoms with E-state index in [-0.39, 0.29) is 30.6 Å². The molecule has 0 unspecified atom stereocenters. The first kappa shape index (κ1) is 20.4. The zero-order chi connectivity index (χ0) is 22.6. The van der Waals surface area contributed by atoms with Crippen molar-refractivity contribution in [2.45, 2.75) is 37.4 Å². The molecule has 0 radical (unpaired) electrons. The number of nitrogens with zero attached hydrogens (tertiary/aromatic N) is 1. The standard InChI is InChI=1S/C24H24N4O4/c1-13(14-7-3-2-4-8-14)28-21(30)19-17(11-12-18(25)29)27-24(20(19)22(28)31)15-9-5-6-10-16(15)26-23(24)32/h2-10,13,17,19-20,27H,11-12H2,1H3,(H2,25,29)(H,26,32)/t13-,17-,19-,20-,24+/m0/s1. The Morgan fingerprint density at radius 2 is 1.75 bits per heavy atom. The van der Waals surface area contributed by atoms with Gasteiger partial charge in [-0.1, -0.05) is 48.5 Å². The second-order valence-electron chi connectivity index (χ2n) is 8.70. The van der Waals surface area contributed by atoms with E-state index in [9.17, 15) is 19.2 Å². The normalized spacial score (nSPS) is 29.2. The maximum Gasteiger partial charge on any atom is 0.250 e. The zero-order valence-corrected chi connectivity index (χ0v) is 17.6. The van der Waals surface area contributed by atoms with Gasteiger partial charge in [-0.25, -0.2) is 0 Å². The van der Waals surface area contributed by atoms with Crippen LogP contribution in [0.4, 0.5) is 5.69 Å². The molecule has 2 aromatic carbocycles. The van der Waals surface area contributed by atoms with Gasteiger partial charge >= 0.3 is 0 Å². The molecule has 2 saturated heterocycles. The number of amides is 4. The fraction of sp³-hybridized carbons (Fsp3) is 0.333. The lowest BCUT2D eigenvalue weighted by atomic mass is 9.76. The lowest BCUT2D eigenvalue weighted by Gasteiger charge is -2.31. The first-order valence-electron chi connectivity index (χ1n) is 10.7. The van der Waals surface area contributed by atoms with Crippen LogP contribution in [-0.4, -0.2) is 34.6 Å². The topological polar surface area (TPSA) is 122 Å². The van der Waals surface area contributed by atoms with Crippen LogP contribution in [-0.2, 0) is 24.7 Å². The van der Waals surface area contributed by atoms with E-state index in [2.05, 4.69) is 10.6 Å². The second kappa shape index (κ2) is 7.27. The Bertz CT molecular complexity index is 1130. The number of nitrogens with two attached hydrogens (primary N) is 1. The number of para-hydroxylation sites is 1. The predicted molar refractivity (Wildman–Crippen MR) is 116 cm³/mol. The van der Waals surface area contributed by atoms with E-state index in [1.54, 1.807) is 24.3 Å². The molecule has 32 heavy (non-hydrogen) atoms. The first-order chi connectivity index (χ1) is 15.4. The molecule has 0 aromatic heterocycles. The number of benzene rings is 2. The van der Waals surface area contributed by atoms with Gasteiger partial charge in [0.1, 0.15) is 5.54 Å². The summed E-state index contributed by atoms with van der Waals surface area (Å²) in [5, 5.41) is 6.17. The molecular formula is C24H24N4O4. The molecule has 3 aliphatic heterocycles. The Morgan fingerprint density at radius 3 is 2.47 bits per heavy atom. The zero-order valence-electron chi connectivity index (χ0n) is 17.6. The van der Waals surface area contributed by atoms with Crippen LogP contribution in [0.5, 0.6) is 0 Å². The van der Waals surface area contributed by atoms with Crippen LogP contribution < -0.4 is 16.4 Å². The predicted octanol–water partition coefficient (Wildman–Crippen LogP) is 1.43. The summed E-state index contributed by atoms with van der Waals surface area (Å²) in [4.78, 5) is 53.6. The summed E-state index contributed by atoms with van der Waals surface area (Å²) < 4.78 is 0. The van der Waals surface area contributed by atoms with E-state index in [0.29, 0.717) is 11.3 Å². The lowest BCUT2D eigenvalue weighted by molar-refractivity contribution is -0.145. The van der Waals surface area contributed by atoms with Crippen LogP contribution in [0.2, 0.25) is 0 Å². The van der Waals surface area contributed by atoms with Gasteiger partial charge in [-0.05, 0) is 25.0 Å². The second-order valence-corrected chi connectivity index (χ2v) is 8.70. The van der Waals surface area contributed by atoms with Gasteiger partial charge in [-0.15, -0.1) is 0 Å². The highest BCUT2D eigenvalue weighted by molar-refractivity contribution is 6.15. The van der Waals surface area contributed by atoms with E-state index in [1.165, 1.54) is 4.90 Å².